The van der Waals surface area contributed by atoms with Crippen LogP contribution in [0.1, 0.15) is 41.9 Å². The molecule has 0 amide bonds. The largest absolute Gasteiger partial charge is 0.770 e. The first-order valence-corrected chi connectivity index (χ1v) is 13.9. The van der Waals surface area contributed by atoms with Crippen molar-refractivity contribution in [1.29, 1.82) is 5.26 Å². The maximum atomic E-state index is 13.2. The topological polar surface area (TPSA) is 170 Å². The summed E-state index contributed by atoms with van der Waals surface area (Å²) in [5.74, 6) is -1.65. The molecule has 12 nitrogen and oxygen atoms in total. The summed E-state index contributed by atoms with van der Waals surface area (Å²) in [4.78, 5) is 62.5. The lowest BCUT2D eigenvalue weighted by atomic mass is 10.2. The highest BCUT2D eigenvalue weighted by Gasteiger charge is 2.40. The van der Waals surface area contributed by atoms with Crippen molar-refractivity contribution in [3.8, 4) is 6.07 Å². The van der Waals surface area contributed by atoms with Gasteiger partial charge in [-0.1, -0.05) is 29.6 Å². The number of aromatic nitrogens is 2. The molecule has 0 saturated carbocycles. The molecule has 1 aromatic carbocycles. The van der Waals surface area contributed by atoms with E-state index >= 15 is 0 Å². The SMILES string of the molecule is CC(=O)O[C@H]1C[C@H](n2cc(C)c(=O)n(C(=O)c3ccccc3)c2=O)O[C@@H]1CSP(=O)([O-])OCCC#N. The molecule has 14 heteroatoms. The Bertz CT molecular complexity index is 1330. The van der Waals surface area contributed by atoms with Gasteiger partial charge in [0.2, 0.25) is 0 Å². The van der Waals surface area contributed by atoms with Crippen molar-refractivity contribution in [3.05, 3.63) is 68.5 Å². The van der Waals surface area contributed by atoms with Gasteiger partial charge in [0.15, 0.2) is 6.80 Å². The Morgan fingerprint density at radius 2 is 2.00 bits per heavy atom. The van der Waals surface area contributed by atoms with E-state index in [1.54, 1.807) is 24.3 Å². The third-order valence-electron chi connectivity index (χ3n) is 5.18. The predicted molar refractivity (Wildman–Crippen MR) is 126 cm³/mol. The first kappa shape index (κ1) is 27.6. The van der Waals surface area contributed by atoms with E-state index < -0.39 is 48.4 Å². The second kappa shape index (κ2) is 11.8. The van der Waals surface area contributed by atoms with Gasteiger partial charge in [-0.15, -0.1) is 0 Å². The standard InChI is InChI=1S/C22H24N3O9PS/c1-14-12-24(22(29)25(20(14)27)21(28)16-7-4-3-5-8-16)19-11-17(33-15(2)26)18(34-19)13-36-35(30,31)32-10-6-9-23/h3-5,7-8,12,17-19H,6,10-11,13H2,1-2H3,(H,30,31)/p-1/t17-,18+,19+/m0/s1. The number of rotatable bonds is 9. The molecule has 4 atom stereocenters. The van der Waals surface area contributed by atoms with Crippen LogP contribution in [0.5, 0.6) is 0 Å². The maximum Gasteiger partial charge on any atom is 0.340 e. The second-order valence-electron chi connectivity index (χ2n) is 7.81. The van der Waals surface area contributed by atoms with E-state index in [-0.39, 0.29) is 36.3 Å². The highest BCUT2D eigenvalue weighted by atomic mass is 32.7. The Morgan fingerprint density at radius 1 is 1.31 bits per heavy atom. The summed E-state index contributed by atoms with van der Waals surface area (Å²) in [6.07, 6.45) is -1.79. The molecule has 1 fully saturated rings. The van der Waals surface area contributed by atoms with Crippen LogP contribution in [0, 0.1) is 18.3 Å². The number of aryl methyl sites for hydroxylation is 1. The van der Waals surface area contributed by atoms with E-state index in [9.17, 15) is 28.6 Å². The van der Waals surface area contributed by atoms with Gasteiger partial charge in [-0.25, -0.2) is 4.79 Å². The highest BCUT2D eigenvalue weighted by molar-refractivity contribution is 8.54. The van der Waals surface area contributed by atoms with Crippen molar-refractivity contribution >= 4 is 30.1 Å². The van der Waals surface area contributed by atoms with Crippen molar-refractivity contribution in [2.24, 2.45) is 0 Å². The molecule has 2 aromatic rings. The first-order chi connectivity index (χ1) is 17.0. The number of nitriles is 1. The number of benzene rings is 1. The zero-order chi connectivity index (χ0) is 26.5. The van der Waals surface area contributed by atoms with Gasteiger partial charge in [-0.3, -0.25) is 23.5 Å². The van der Waals surface area contributed by atoms with E-state index in [1.807, 2.05) is 0 Å². The lowest BCUT2D eigenvalue weighted by Crippen LogP contribution is -2.45. The third-order valence-corrected chi connectivity index (χ3v) is 8.18. The minimum absolute atomic E-state index is 0.0274. The Kier molecular flexibility index (Phi) is 9.05. The van der Waals surface area contributed by atoms with Crippen LogP contribution in [-0.2, 0) is 23.4 Å². The van der Waals surface area contributed by atoms with Crippen LogP contribution in [-0.4, -0.2) is 45.6 Å². The minimum atomic E-state index is -4.37. The number of ether oxygens (including phenoxy) is 2. The molecule has 3 rings (SSSR count). The molecular weight excluding hydrogens is 513 g/mol. The number of hydrogen-bond donors (Lipinski definition) is 0. The Labute approximate surface area is 209 Å². The van der Waals surface area contributed by atoms with Crippen LogP contribution in [0.3, 0.4) is 0 Å². The number of carbonyl (C=O) groups excluding carboxylic acids is 2. The van der Waals surface area contributed by atoms with E-state index in [0.29, 0.717) is 15.9 Å². The van der Waals surface area contributed by atoms with Gasteiger partial charge in [0.1, 0.15) is 18.4 Å². The molecule has 1 aromatic heterocycles. The molecule has 0 spiro atoms. The monoisotopic (exact) mass is 536 g/mol. The predicted octanol–water partition coefficient (Wildman–Crippen LogP) is 1.36. The Balaban J connectivity index is 1.88. The molecule has 1 aliphatic heterocycles. The van der Waals surface area contributed by atoms with Crippen molar-refractivity contribution in [2.75, 3.05) is 12.4 Å². The molecule has 1 saturated heterocycles. The van der Waals surface area contributed by atoms with E-state index in [2.05, 4.69) is 0 Å². The molecule has 0 aliphatic carbocycles. The third kappa shape index (κ3) is 6.60. The number of esters is 1. The van der Waals surface area contributed by atoms with Crippen LogP contribution in [0.2, 0.25) is 0 Å². The fraction of sp³-hybridized carbons (Fsp3) is 0.409. The van der Waals surface area contributed by atoms with E-state index in [1.165, 1.54) is 32.2 Å². The van der Waals surface area contributed by atoms with Gasteiger partial charge in [-0.2, -0.15) is 9.83 Å². The summed E-state index contributed by atoms with van der Waals surface area (Å²) < 4.78 is 29.5. The van der Waals surface area contributed by atoms with Gasteiger partial charge in [0, 0.05) is 36.4 Å². The van der Waals surface area contributed by atoms with Crippen molar-refractivity contribution in [3.63, 3.8) is 0 Å². The zero-order valence-electron chi connectivity index (χ0n) is 19.4. The summed E-state index contributed by atoms with van der Waals surface area (Å²) in [5, 5.41) is 8.53. The molecule has 192 valence electrons. The maximum absolute atomic E-state index is 13.2. The smallest absolute Gasteiger partial charge is 0.340 e. The van der Waals surface area contributed by atoms with Crippen molar-refractivity contribution < 1.29 is 33.0 Å². The van der Waals surface area contributed by atoms with Crippen LogP contribution in [0.15, 0.2) is 46.1 Å². The Hall–Kier alpha value is -3.01. The second-order valence-corrected chi connectivity index (χ2v) is 11.7. The minimum Gasteiger partial charge on any atom is -0.770 e. The lowest BCUT2D eigenvalue weighted by molar-refractivity contribution is -0.189. The van der Waals surface area contributed by atoms with Crippen LogP contribution in [0.25, 0.3) is 0 Å². The van der Waals surface area contributed by atoms with Crippen molar-refractivity contribution in [2.45, 2.75) is 45.1 Å². The summed E-state index contributed by atoms with van der Waals surface area (Å²) in [5.41, 5.74) is -1.50. The fourth-order valence-corrected chi connectivity index (χ4v) is 6.00. The van der Waals surface area contributed by atoms with Crippen LogP contribution < -0.4 is 16.1 Å². The van der Waals surface area contributed by atoms with Crippen molar-refractivity contribution in [1.82, 2.24) is 9.13 Å². The number of nitrogens with zero attached hydrogens (tertiary/aromatic N) is 3. The average Bonchev–Trinajstić information content (AvgIpc) is 3.22. The Morgan fingerprint density at radius 3 is 2.64 bits per heavy atom. The summed E-state index contributed by atoms with van der Waals surface area (Å²) in [6.45, 7) is -2.05. The lowest BCUT2D eigenvalue weighted by Gasteiger charge is -2.25. The molecule has 0 bridgehead atoms. The van der Waals surface area contributed by atoms with Gasteiger partial charge in [-0.05, 0) is 19.1 Å². The molecule has 36 heavy (non-hydrogen) atoms. The van der Waals surface area contributed by atoms with Crippen LogP contribution >= 0.6 is 18.2 Å². The number of carbonyl (C=O) groups is 2. The molecular formula is C22H23N3O9PS-. The highest BCUT2D eigenvalue weighted by Crippen LogP contribution is 2.52. The molecule has 1 aliphatic rings. The summed E-state index contributed by atoms with van der Waals surface area (Å²) in [7, 11) is 0. The van der Waals surface area contributed by atoms with Gasteiger partial charge >= 0.3 is 11.7 Å². The zero-order valence-corrected chi connectivity index (χ0v) is 21.1. The van der Waals surface area contributed by atoms with Crippen LogP contribution in [0.4, 0.5) is 0 Å². The molecule has 1 unspecified atom stereocenters. The van der Waals surface area contributed by atoms with E-state index in [4.69, 9.17) is 19.3 Å². The van der Waals surface area contributed by atoms with Gasteiger partial charge < -0.3 is 18.9 Å². The number of hydrogen-bond acceptors (Lipinski definition) is 11. The summed E-state index contributed by atoms with van der Waals surface area (Å²) in [6, 6.07) is 9.58. The molecule has 2 heterocycles. The average molecular weight is 536 g/mol. The van der Waals surface area contributed by atoms with E-state index in [0.717, 1.165) is 4.57 Å². The van der Waals surface area contributed by atoms with Gasteiger partial charge in [0.05, 0.1) is 19.1 Å². The first-order valence-electron chi connectivity index (χ1n) is 10.8. The quantitative estimate of drug-likeness (QED) is 0.257. The van der Waals surface area contributed by atoms with Gasteiger partial charge in [0.25, 0.3) is 11.5 Å². The molecule has 0 radical (unpaired) electrons. The normalized spacial score (nSPS) is 20.9. The fourth-order valence-electron chi connectivity index (χ4n) is 3.56. The summed E-state index contributed by atoms with van der Waals surface area (Å²) >= 11 is 0.425. The molecule has 0 N–H and O–H groups in total.